The Kier molecular flexibility index (Phi) is 6.18. The van der Waals surface area contributed by atoms with E-state index in [2.05, 4.69) is 0 Å². The van der Waals surface area contributed by atoms with Crippen LogP contribution in [0.15, 0.2) is 42.5 Å². The average Bonchev–Trinajstić information content (AvgIpc) is 2.71. The number of phenolic OH excluding ortho intramolecular Hbond substituents is 2. The number of hydrogen-bond donors (Lipinski definition) is 6. The van der Waals surface area contributed by atoms with Crippen molar-refractivity contribution in [1.29, 1.82) is 0 Å². The van der Waals surface area contributed by atoms with E-state index in [-0.39, 0.29) is 5.75 Å². The molecule has 1 aliphatic heterocycles. The highest BCUT2D eigenvalue weighted by atomic mass is 16.7. The number of benzene rings is 2. The van der Waals surface area contributed by atoms with Crippen molar-refractivity contribution in [2.75, 3.05) is 6.61 Å². The molecule has 2 aromatic carbocycles. The fourth-order valence-corrected chi connectivity index (χ4v) is 2.85. The fraction of sp³-hybridized carbons (Fsp3) is 0.300. The highest BCUT2D eigenvalue weighted by molar-refractivity contribution is 5.72. The normalized spacial score (nSPS) is 27.8. The standard InChI is InChI=1S/C20H22O8/c21-10-15-17(24)18(25)19(26)20(28-15)27-14-9-12(8-13(22)16(14)23)7-6-11-4-2-1-3-5-11/h1-9,15,17-26H,10H2/t15-,17-,18+,19-,20-/m0/s1. The highest BCUT2D eigenvalue weighted by Gasteiger charge is 2.45. The van der Waals surface area contributed by atoms with E-state index in [0.717, 1.165) is 5.56 Å². The third-order valence-corrected chi connectivity index (χ3v) is 4.44. The minimum atomic E-state index is -1.64. The monoisotopic (exact) mass is 390 g/mol. The summed E-state index contributed by atoms with van der Waals surface area (Å²) >= 11 is 0. The molecule has 0 aliphatic carbocycles. The van der Waals surface area contributed by atoms with Crippen molar-refractivity contribution in [2.24, 2.45) is 0 Å². The summed E-state index contributed by atoms with van der Waals surface area (Å²) in [7, 11) is 0. The molecular weight excluding hydrogens is 368 g/mol. The molecule has 0 saturated carbocycles. The second-order valence-electron chi connectivity index (χ2n) is 6.45. The first-order valence-corrected chi connectivity index (χ1v) is 8.67. The molecule has 1 saturated heterocycles. The lowest BCUT2D eigenvalue weighted by Gasteiger charge is -2.39. The molecule has 0 amide bonds. The summed E-state index contributed by atoms with van der Waals surface area (Å²) in [5.74, 6) is -1.22. The molecule has 0 radical (unpaired) electrons. The molecule has 28 heavy (non-hydrogen) atoms. The molecule has 1 aliphatic rings. The van der Waals surface area contributed by atoms with Gasteiger partial charge in [-0.2, -0.15) is 0 Å². The van der Waals surface area contributed by atoms with E-state index in [0.29, 0.717) is 5.56 Å². The molecule has 8 heteroatoms. The van der Waals surface area contributed by atoms with Gasteiger partial charge in [0.2, 0.25) is 12.0 Å². The van der Waals surface area contributed by atoms with Gasteiger partial charge in [-0.3, -0.25) is 0 Å². The maximum absolute atomic E-state index is 10.1. The quantitative estimate of drug-likeness (QED) is 0.319. The Balaban J connectivity index is 1.83. The van der Waals surface area contributed by atoms with Crippen molar-refractivity contribution in [3.63, 3.8) is 0 Å². The van der Waals surface area contributed by atoms with E-state index >= 15 is 0 Å². The van der Waals surface area contributed by atoms with Crippen molar-refractivity contribution in [2.45, 2.75) is 30.7 Å². The number of aromatic hydroxyl groups is 2. The molecule has 5 atom stereocenters. The molecule has 8 nitrogen and oxygen atoms in total. The van der Waals surface area contributed by atoms with Gasteiger partial charge in [0.25, 0.3) is 0 Å². The van der Waals surface area contributed by atoms with Gasteiger partial charge in [0, 0.05) is 0 Å². The summed E-state index contributed by atoms with van der Waals surface area (Å²) < 4.78 is 10.7. The maximum atomic E-state index is 10.1. The molecule has 0 spiro atoms. The van der Waals surface area contributed by atoms with Gasteiger partial charge in [-0.15, -0.1) is 0 Å². The Hall–Kier alpha value is -2.62. The van der Waals surface area contributed by atoms with Crippen molar-refractivity contribution < 1.29 is 40.1 Å². The minimum absolute atomic E-state index is 0.197. The summed E-state index contributed by atoms with van der Waals surface area (Å²) in [6.07, 6.45) is -3.93. The van der Waals surface area contributed by atoms with Crippen molar-refractivity contribution in [3.05, 3.63) is 53.6 Å². The third kappa shape index (κ3) is 4.27. The van der Waals surface area contributed by atoms with E-state index in [4.69, 9.17) is 9.47 Å². The molecular formula is C20H22O8. The Morgan fingerprint density at radius 1 is 0.893 bits per heavy atom. The predicted molar refractivity (Wildman–Crippen MR) is 99.5 cm³/mol. The molecule has 6 N–H and O–H groups in total. The second kappa shape index (κ2) is 8.59. The van der Waals surface area contributed by atoms with Crippen LogP contribution in [0.4, 0.5) is 0 Å². The molecule has 2 aromatic rings. The summed E-state index contributed by atoms with van der Waals surface area (Å²) in [6.45, 7) is -0.609. The van der Waals surface area contributed by atoms with Crippen LogP contribution in [0.2, 0.25) is 0 Å². The van der Waals surface area contributed by atoms with Crippen LogP contribution in [0.1, 0.15) is 11.1 Å². The van der Waals surface area contributed by atoms with Gasteiger partial charge < -0.3 is 40.1 Å². The van der Waals surface area contributed by atoms with Gasteiger partial charge in [0.05, 0.1) is 6.61 Å². The number of phenols is 2. The first kappa shape index (κ1) is 20.1. The van der Waals surface area contributed by atoms with E-state index in [9.17, 15) is 30.6 Å². The number of aliphatic hydroxyl groups is 4. The number of hydrogen-bond acceptors (Lipinski definition) is 8. The van der Waals surface area contributed by atoms with Crippen molar-refractivity contribution in [3.8, 4) is 17.2 Å². The number of aliphatic hydroxyl groups excluding tert-OH is 4. The minimum Gasteiger partial charge on any atom is -0.504 e. The lowest BCUT2D eigenvalue weighted by molar-refractivity contribution is -0.277. The zero-order valence-electron chi connectivity index (χ0n) is 14.8. The topological polar surface area (TPSA) is 140 Å². The molecule has 0 bridgehead atoms. The Morgan fingerprint density at radius 3 is 2.25 bits per heavy atom. The summed E-state index contributed by atoms with van der Waals surface area (Å²) in [6, 6.07) is 12.2. The maximum Gasteiger partial charge on any atom is 0.229 e. The lowest BCUT2D eigenvalue weighted by atomic mass is 9.99. The Bertz CT molecular complexity index is 820. The molecule has 1 heterocycles. The summed E-state index contributed by atoms with van der Waals surface area (Å²) in [5.41, 5.74) is 1.42. The van der Waals surface area contributed by atoms with E-state index in [1.165, 1.54) is 12.1 Å². The SMILES string of the molecule is OC[C@@H]1O[C@H](Oc2cc(C=Cc3ccccc3)cc(O)c2O)[C@@H](O)[C@H](O)[C@H]1O. The van der Waals surface area contributed by atoms with Crippen LogP contribution in [0.25, 0.3) is 12.2 Å². The van der Waals surface area contributed by atoms with E-state index < -0.39 is 48.8 Å². The van der Waals surface area contributed by atoms with E-state index in [1.54, 1.807) is 12.2 Å². The molecule has 3 rings (SSSR count). The smallest absolute Gasteiger partial charge is 0.229 e. The summed E-state index contributed by atoms with van der Waals surface area (Å²) in [5, 5.41) is 59.0. The van der Waals surface area contributed by atoms with Crippen LogP contribution in [-0.2, 0) is 4.74 Å². The first-order chi connectivity index (χ1) is 13.4. The second-order valence-corrected chi connectivity index (χ2v) is 6.45. The van der Waals surface area contributed by atoms with Gasteiger partial charge in [-0.05, 0) is 23.3 Å². The van der Waals surface area contributed by atoms with Gasteiger partial charge in [0.1, 0.15) is 24.4 Å². The Morgan fingerprint density at radius 2 is 1.57 bits per heavy atom. The van der Waals surface area contributed by atoms with Crippen LogP contribution in [-0.4, -0.2) is 68.0 Å². The lowest BCUT2D eigenvalue weighted by Crippen LogP contribution is -2.60. The van der Waals surface area contributed by atoms with Gasteiger partial charge >= 0.3 is 0 Å². The zero-order chi connectivity index (χ0) is 20.3. The van der Waals surface area contributed by atoms with Crippen molar-refractivity contribution >= 4 is 12.2 Å². The number of rotatable bonds is 5. The van der Waals surface area contributed by atoms with Gasteiger partial charge in [-0.1, -0.05) is 42.5 Å². The zero-order valence-corrected chi connectivity index (χ0v) is 14.8. The van der Waals surface area contributed by atoms with Gasteiger partial charge in [-0.25, -0.2) is 0 Å². The largest absolute Gasteiger partial charge is 0.504 e. The molecule has 0 aromatic heterocycles. The Labute approximate surface area is 161 Å². The highest BCUT2D eigenvalue weighted by Crippen LogP contribution is 2.38. The molecule has 0 unspecified atom stereocenters. The van der Waals surface area contributed by atoms with Crippen LogP contribution < -0.4 is 4.74 Å². The van der Waals surface area contributed by atoms with Crippen LogP contribution in [0, 0.1) is 0 Å². The fourth-order valence-electron chi connectivity index (χ4n) is 2.85. The van der Waals surface area contributed by atoms with Gasteiger partial charge in [0.15, 0.2) is 11.5 Å². The van der Waals surface area contributed by atoms with Crippen LogP contribution in [0.5, 0.6) is 17.2 Å². The predicted octanol–water partition coefficient (Wildman–Crippen LogP) is 0.447. The average molecular weight is 390 g/mol. The van der Waals surface area contributed by atoms with Crippen molar-refractivity contribution in [1.82, 2.24) is 0 Å². The summed E-state index contributed by atoms with van der Waals surface area (Å²) in [4.78, 5) is 0. The molecule has 150 valence electrons. The molecule has 1 fully saturated rings. The number of ether oxygens (including phenoxy) is 2. The van der Waals surface area contributed by atoms with E-state index in [1.807, 2.05) is 30.3 Å². The first-order valence-electron chi connectivity index (χ1n) is 8.67. The van der Waals surface area contributed by atoms with Crippen LogP contribution in [0.3, 0.4) is 0 Å². The van der Waals surface area contributed by atoms with Crippen LogP contribution >= 0.6 is 0 Å². The third-order valence-electron chi connectivity index (χ3n) is 4.44.